The molecule has 4 N–H and O–H groups in total. The molecule has 0 aliphatic carbocycles. The molecule has 53 heavy (non-hydrogen) atoms. The number of phenols is 1. The number of amides is 2. The minimum Gasteiger partial charge on any atom is -0.508 e. The van der Waals surface area contributed by atoms with Gasteiger partial charge in [-0.1, -0.05) is 11.8 Å². The van der Waals surface area contributed by atoms with Crippen LogP contribution in [0.4, 0.5) is 9.59 Å². The van der Waals surface area contributed by atoms with Crippen LogP contribution in [0.2, 0.25) is 0 Å². The van der Waals surface area contributed by atoms with E-state index in [0.717, 1.165) is 6.29 Å². The van der Waals surface area contributed by atoms with Crippen molar-refractivity contribution in [2.24, 2.45) is 0 Å². The van der Waals surface area contributed by atoms with E-state index in [4.69, 9.17) is 37.3 Å². The van der Waals surface area contributed by atoms with Crippen LogP contribution in [-0.2, 0) is 19.1 Å². The zero-order chi connectivity index (χ0) is 41.0. The van der Waals surface area contributed by atoms with Gasteiger partial charge in [0.15, 0.2) is 0 Å². The van der Waals surface area contributed by atoms with Gasteiger partial charge in [0.1, 0.15) is 47.4 Å². The maximum atomic E-state index is 12.3. The van der Waals surface area contributed by atoms with Crippen LogP contribution in [0.1, 0.15) is 62.3 Å². The first-order valence-corrected chi connectivity index (χ1v) is 23.8. The Bertz CT molecular complexity index is 1510. The number of nitrogens with one attached hydrogen (secondary N) is 2. The molecule has 0 aromatic heterocycles. The maximum absolute atomic E-state index is 12.3. The Labute approximate surface area is 342 Å². The summed E-state index contributed by atoms with van der Waals surface area (Å²) >= 11 is 6.82. The first kappa shape index (κ1) is 51.4. The summed E-state index contributed by atoms with van der Waals surface area (Å²) in [7, 11) is 0. The van der Waals surface area contributed by atoms with Crippen LogP contribution < -0.4 is 15.4 Å². The van der Waals surface area contributed by atoms with Crippen molar-refractivity contribution in [3.05, 3.63) is 59.7 Å². The van der Waals surface area contributed by atoms with Crippen LogP contribution in [0.5, 0.6) is 11.5 Å². The number of esters is 1. The average Bonchev–Trinajstić information content (AvgIpc) is 3.08. The van der Waals surface area contributed by atoms with Crippen LogP contribution in [0.15, 0.2) is 48.5 Å². The molecule has 0 saturated carbocycles. The van der Waals surface area contributed by atoms with Crippen molar-refractivity contribution in [1.29, 1.82) is 0 Å². The fraction of sp³-hybridized carbons (Fsp3) is 0.389. The molecule has 0 bridgehead atoms. The number of terminal acetylenes is 2. The highest BCUT2D eigenvalue weighted by molar-refractivity contribution is 15.0. The molecule has 2 rings (SSSR count). The molecule has 2 unspecified atom stereocenters. The van der Waals surface area contributed by atoms with Gasteiger partial charge < -0.3 is 35.1 Å². The van der Waals surface area contributed by atoms with Gasteiger partial charge in [0.25, 0.3) is 0 Å². The van der Waals surface area contributed by atoms with Crippen molar-refractivity contribution >= 4 is 97.5 Å². The fourth-order valence-corrected chi connectivity index (χ4v) is 4.46. The Morgan fingerprint density at radius 1 is 0.755 bits per heavy atom. The monoisotopic (exact) mass is 998 g/mol. The molecule has 17 heteroatoms. The molecule has 0 saturated heterocycles. The molecular weight excluding hydrogens is 954 g/mol. The predicted octanol–water partition coefficient (Wildman–Crippen LogP) is 6.97. The highest BCUT2D eigenvalue weighted by Gasteiger charge is 2.26. The zero-order valence-electron chi connectivity index (χ0n) is 30.1. The standard InChI is InChI=1S/C18H21NO5S.C11H17NO4S.C7H6O2.I2/c1-5-10-25-12-15(19-17(22)24-18(2,3)4)16(21)23-14-8-6-13(11-20)7-9-14;1-5-6-17-7-8(9(13)14)12-10(15)16-11(2,3)4;8-5-6-1-3-7(9)4-2-6;1-2/h1,6-9,11,15H,10,12H2,2-4H3,(H,19,22);1,8H,6-7H2,2-4H3,(H,12,15)(H,13,14);1-5,9H;. The van der Waals surface area contributed by atoms with Crippen molar-refractivity contribution in [2.45, 2.75) is 64.8 Å². The minimum absolute atomic E-state index is 0.181. The normalized spacial score (nSPS) is 11.1. The van der Waals surface area contributed by atoms with E-state index >= 15 is 0 Å². The number of aliphatic carboxylic acids is 1. The number of carboxylic acid groups (broad SMARTS) is 1. The quantitative estimate of drug-likeness (QED) is 0.0402. The lowest BCUT2D eigenvalue weighted by Crippen LogP contribution is -2.46. The maximum Gasteiger partial charge on any atom is 0.408 e. The smallest absolute Gasteiger partial charge is 0.408 e. The van der Waals surface area contributed by atoms with Crippen molar-refractivity contribution in [2.75, 3.05) is 23.0 Å². The molecule has 0 heterocycles. The third kappa shape index (κ3) is 28.5. The van der Waals surface area contributed by atoms with E-state index in [1.807, 2.05) is 0 Å². The lowest BCUT2D eigenvalue weighted by atomic mass is 10.2. The fourth-order valence-electron chi connectivity index (χ4n) is 3.07. The summed E-state index contributed by atoms with van der Waals surface area (Å²) in [4.78, 5) is 67.1. The molecule has 2 amide bonds. The highest BCUT2D eigenvalue weighted by atomic mass is 128. The number of carboxylic acids is 1. The third-order valence-corrected chi connectivity index (χ3v) is 7.05. The molecular formula is C36H44I2N2O11S2. The van der Waals surface area contributed by atoms with Crippen LogP contribution >= 0.6 is 60.8 Å². The number of carbonyl (C=O) groups excluding carboxylic acids is 5. The van der Waals surface area contributed by atoms with E-state index in [2.05, 4.69) is 59.7 Å². The molecule has 2 atom stereocenters. The summed E-state index contributed by atoms with van der Waals surface area (Å²) in [6, 6.07) is 10.2. The van der Waals surface area contributed by atoms with Crippen molar-refractivity contribution in [3.8, 4) is 36.2 Å². The van der Waals surface area contributed by atoms with E-state index in [1.54, 1.807) is 53.7 Å². The van der Waals surface area contributed by atoms with Gasteiger partial charge in [-0.25, -0.2) is 19.2 Å². The molecule has 290 valence electrons. The second kappa shape index (κ2) is 28.8. The first-order chi connectivity index (χ1) is 24.8. The molecule has 13 nitrogen and oxygen atoms in total. The summed E-state index contributed by atoms with van der Waals surface area (Å²) in [6.07, 6.45) is 10.2. The van der Waals surface area contributed by atoms with E-state index in [0.29, 0.717) is 28.9 Å². The number of benzene rings is 2. The summed E-state index contributed by atoms with van der Waals surface area (Å²) in [5.41, 5.74) is -0.297. The van der Waals surface area contributed by atoms with E-state index in [-0.39, 0.29) is 23.0 Å². The van der Waals surface area contributed by atoms with E-state index in [1.165, 1.54) is 59.9 Å². The second-order valence-corrected chi connectivity index (χ2v) is 14.1. The van der Waals surface area contributed by atoms with Gasteiger partial charge >= 0.3 is 24.1 Å². The van der Waals surface area contributed by atoms with Gasteiger partial charge in [-0.05, 0) is 90.1 Å². The highest BCUT2D eigenvalue weighted by Crippen LogP contribution is 2.14. The Morgan fingerprint density at radius 2 is 1.13 bits per heavy atom. The Kier molecular flexibility index (Phi) is 27.9. The predicted molar refractivity (Wildman–Crippen MR) is 225 cm³/mol. The Morgan fingerprint density at radius 3 is 1.49 bits per heavy atom. The van der Waals surface area contributed by atoms with Crippen LogP contribution in [0.3, 0.4) is 0 Å². The van der Waals surface area contributed by atoms with Crippen molar-refractivity contribution in [3.63, 3.8) is 0 Å². The molecule has 2 aromatic rings. The Balaban J connectivity index is 0. The number of hydrogen-bond acceptors (Lipinski definition) is 12. The van der Waals surface area contributed by atoms with E-state index < -0.39 is 47.4 Å². The molecule has 2 aromatic carbocycles. The number of aldehydes is 2. The van der Waals surface area contributed by atoms with Crippen molar-refractivity contribution in [1.82, 2.24) is 10.6 Å². The molecule has 0 spiro atoms. The SMILES string of the molecule is C#CCSCC(NC(=O)OC(C)(C)C)C(=O)O.C#CCSCC(NC(=O)OC(C)(C)C)C(=O)Oc1ccc(C=O)cc1.II.O=Cc1ccc(O)cc1. The number of carbonyl (C=O) groups is 6. The van der Waals surface area contributed by atoms with E-state index in [9.17, 15) is 28.8 Å². The molecule has 0 aliphatic rings. The number of aromatic hydroxyl groups is 1. The van der Waals surface area contributed by atoms with Gasteiger partial charge in [0, 0.05) is 59.9 Å². The molecule has 0 aliphatic heterocycles. The molecule has 0 fully saturated rings. The number of hydrogen-bond donors (Lipinski definition) is 4. The Hall–Kier alpha value is -3.66. The van der Waals surface area contributed by atoms with Crippen molar-refractivity contribution < 1.29 is 53.2 Å². The average molecular weight is 999 g/mol. The van der Waals surface area contributed by atoms with Crippen LogP contribution in [-0.4, -0.2) is 93.2 Å². The van der Waals surface area contributed by atoms with Crippen LogP contribution in [0, 0.1) is 24.7 Å². The molecule has 0 radical (unpaired) electrons. The summed E-state index contributed by atoms with van der Waals surface area (Å²) in [5, 5.41) is 22.4. The number of alkyl carbamates (subject to hydrolysis) is 2. The largest absolute Gasteiger partial charge is 0.508 e. The first-order valence-electron chi connectivity index (χ1n) is 15.2. The number of phenolic OH excluding ortho intramolecular Hbond substituents is 1. The topological polar surface area (TPSA) is 195 Å². The number of thioether (sulfide) groups is 2. The van der Waals surface area contributed by atoms with Gasteiger partial charge in [0.05, 0.1) is 11.5 Å². The minimum atomic E-state index is -1.11. The van der Waals surface area contributed by atoms with Gasteiger partial charge in [-0.3, -0.25) is 9.59 Å². The lowest BCUT2D eigenvalue weighted by Gasteiger charge is -2.22. The third-order valence-electron chi connectivity index (χ3n) is 5.17. The summed E-state index contributed by atoms with van der Waals surface area (Å²) in [6.45, 7) is 10.3. The number of ether oxygens (including phenoxy) is 3. The number of halogens is 2. The van der Waals surface area contributed by atoms with Crippen LogP contribution in [0.25, 0.3) is 0 Å². The zero-order valence-corrected chi connectivity index (χ0v) is 36.0. The second-order valence-electron chi connectivity index (χ2n) is 12.0. The van der Waals surface area contributed by atoms with Gasteiger partial charge in [-0.15, -0.1) is 36.4 Å². The van der Waals surface area contributed by atoms with Gasteiger partial charge in [0.2, 0.25) is 0 Å². The summed E-state index contributed by atoms with van der Waals surface area (Å²) in [5.74, 6) is 4.78. The van der Waals surface area contributed by atoms with Gasteiger partial charge in [-0.2, -0.15) is 0 Å². The lowest BCUT2D eigenvalue weighted by molar-refractivity contribution is -0.139. The number of rotatable bonds is 13. The summed E-state index contributed by atoms with van der Waals surface area (Å²) < 4.78 is 15.4.